The number of para-hydroxylation sites is 4. The molecule has 0 unspecified atom stereocenters. The Hall–Kier alpha value is -5.06. The van der Waals surface area contributed by atoms with Gasteiger partial charge in [-0.05, 0) is 71.8 Å². The van der Waals surface area contributed by atoms with E-state index in [0.29, 0.717) is 0 Å². The lowest BCUT2D eigenvalue weighted by Gasteiger charge is -2.33. The van der Waals surface area contributed by atoms with Gasteiger partial charge in [-0.3, -0.25) is 4.57 Å². The number of nitrogens with zero attached hydrogens (tertiary/aromatic N) is 3. The van der Waals surface area contributed by atoms with E-state index >= 15 is 0 Å². The molecule has 0 aliphatic carbocycles. The SMILES string of the molecule is c1ccc(-c2nc3ccccc3n2-c2cccc(-c3ccc4c(c3)Sc3ccccc3N4c3ccccc3)c2)cc1. The first-order chi connectivity index (χ1) is 20.3. The number of aromatic nitrogens is 2. The number of anilines is 3. The van der Waals surface area contributed by atoms with E-state index in [4.69, 9.17) is 4.98 Å². The maximum atomic E-state index is 5.03. The Labute approximate surface area is 243 Å². The molecule has 1 aromatic heterocycles. The van der Waals surface area contributed by atoms with E-state index in [2.05, 4.69) is 149 Å². The molecule has 0 bridgehead atoms. The van der Waals surface area contributed by atoms with Gasteiger partial charge in [0, 0.05) is 26.7 Å². The van der Waals surface area contributed by atoms with Crippen LogP contribution in [0.15, 0.2) is 161 Å². The topological polar surface area (TPSA) is 21.1 Å². The summed E-state index contributed by atoms with van der Waals surface area (Å²) in [6, 6.07) is 53.7. The Kier molecular flexibility index (Phi) is 5.71. The lowest BCUT2D eigenvalue weighted by molar-refractivity contribution is 1.10. The van der Waals surface area contributed by atoms with E-state index in [1.807, 2.05) is 23.9 Å². The van der Waals surface area contributed by atoms with Crippen molar-refractivity contribution in [2.24, 2.45) is 0 Å². The minimum atomic E-state index is 0.944. The molecule has 3 nitrogen and oxygen atoms in total. The van der Waals surface area contributed by atoms with Crippen LogP contribution in [0.3, 0.4) is 0 Å². The van der Waals surface area contributed by atoms with Gasteiger partial charge < -0.3 is 4.90 Å². The highest BCUT2D eigenvalue weighted by Crippen LogP contribution is 2.52. The number of imidazole rings is 1. The number of fused-ring (bicyclic) bond motifs is 3. The highest BCUT2D eigenvalue weighted by Gasteiger charge is 2.25. The van der Waals surface area contributed by atoms with Crippen LogP contribution in [0, 0.1) is 0 Å². The van der Waals surface area contributed by atoms with Crippen LogP contribution in [-0.4, -0.2) is 9.55 Å². The van der Waals surface area contributed by atoms with Crippen molar-refractivity contribution in [1.29, 1.82) is 0 Å². The summed E-state index contributed by atoms with van der Waals surface area (Å²) in [4.78, 5) is 9.90. The Bertz CT molecular complexity index is 2030. The Morgan fingerprint density at radius 3 is 2.00 bits per heavy atom. The molecule has 7 aromatic rings. The normalized spacial score (nSPS) is 12.2. The summed E-state index contributed by atoms with van der Waals surface area (Å²) in [5.41, 5.74) is 10.2. The van der Waals surface area contributed by atoms with Crippen molar-refractivity contribution in [3.05, 3.63) is 152 Å². The third kappa shape index (κ3) is 4.12. The molecule has 0 radical (unpaired) electrons. The molecule has 0 fully saturated rings. The predicted molar refractivity (Wildman–Crippen MR) is 171 cm³/mol. The second-order valence-electron chi connectivity index (χ2n) is 10.1. The number of rotatable bonds is 4. The summed E-state index contributed by atoms with van der Waals surface area (Å²) in [7, 11) is 0. The van der Waals surface area contributed by atoms with E-state index in [0.717, 1.165) is 33.8 Å². The Morgan fingerprint density at radius 1 is 0.463 bits per heavy atom. The third-order valence-corrected chi connectivity index (χ3v) is 8.68. The molecule has 2 heterocycles. The van der Waals surface area contributed by atoms with Gasteiger partial charge in [0.2, 0.25) is 0 Å². The molecule has 0 spiro atoms. The fourth-order valence-electron chi connectivity index (χ4n) is 5.68. The van der Waals surface area contributed by atoms with Crippen LogP contribution in [0.1, 0.15) is 0 Å². The van der Waals surface area contributed by atoms with Gasteiger partial charge in [0.25, 0.3) is 0 Å². The molecule has 1 aliphatic heterocycles. The van der Waals surface area contributed by atoms with Crippen molar-refractivity contribution in [1.82, 2.24) is 9.55 Å². The van der Waals surface area contributed by atoms with Gasteiger partial charge in [-0.1, -0.05) is 103 Å². The molecule has 0 saturated carbocycles. The molecule has 8 rings (SSSR count). The van der Waals surface area contributed by atoms with Crippen LogP contribution in [0.5, 0.6) is 0 Å². The maximum Gasteiger partial charge on any atom is 0.145 e. The summed E-state index contributed by atoms with van der Waals surface area (Å²) < 4.78 is 2.27. The summed E-state index contributed by atoms with van der Waals surface area (Å²) in [5, 5.41) is 0. The van der Waals surface area contributed by atoms with E-state index in [1.54, 1.807) is 0 Å². The second kappa shape index (κ2) is 9.84. The van der Waals surface area contributed by atoms with Crippen molar-refractivity contribution >= 4 is 39.9 Å². The molecule has 6 aromatic carbocycles. The van der Waals surface area contributed by atoms with E-state index in [1.165, 1.54) is 32.3 Å². The first-order valence-electron chi connectivity index (χ1n) is 13.7. The zero-order valence-corrected chi connectivity index (χ0v) is 23.0. The van der Waals surface area contributed by atoms with Gasteiger partial charge in [0.15, 0.2) is 0 Å². The van der Waals surface area contributed by atoms with Gasteiger partial charge in [-0.25, -0.2) is 4.98 Å². The van der Waals surface area contributed by atoms with Crippen LogP contribution >= 0.6 is 11.8 Å². The first-order valence-corrected chi connectivity index (χ1v) is 14.5. The fourth-order valence-corrected chi connectivity index (χ4v) is 6.78. The molecular formula is C37H25N3S. The van der Waals surface area contributed by atoms with Crippen LogP contribution < -0.4 is 4.90 Å². The van der Waals surface area contributed by atoms with Crippen molar-refractivity contribution in [3.8, 4) is 28.2 Å². The summed E-state index contributed by atoms with van der Waals surface area (Å²) in [6.07, 6.45) is 0. The smallest absolute Gasteiger partial charge is 0.145 e. The molecule has 0 amide bonds. The van der Waals surface area contributed by atoms with Gasteiger partial charge in [0.05, 0.1) is 22.4 Å². The average molecular weight is 544 g/mol. The first kappa shape index (κ1) is 23.8. The quantitative estimate of drug-likeness (QED) is 0.220. The lowest BCUT2D eigenvalue weighted by Crippen LogP contribution is -2.14. The number of hydrogen-bond donors (Lipinski definition) is 0. The Balaban J connectivity index is 1.25. The minimum absolute atomic E-state index is 0.944. The standard InChI is InChI=1S/C37H25N3S/c1-3-12-26(13-4-1)37-38-31-18-7-8-19-32(31)40(37)30-17-11-14-27(24-30)28-22-23-34-36(25-28)41-35-21-10-9-20-33(35)39(34)29-15-5-2-6-16-29/h1-25H. The largest absolute Gasteiger partial charge is 0.308 e. The molecule has 0 saturated heterocycles. The monoisotopic (exact) mass is 543 g/mol. The van der Waals surface area contributed by atoms with E-state index in [-0.39, 0.29) is 0 Å². The average Bonchev–Trinajstić information content (AvgIpc) is 3.44. The van der Waals surface area contributed by atoms with Crippen molar-refractivity contribution in [2.75, 3.05) is 4.90 Å². The summed E-state index contributed by atoms with van der Waals surface area (Å²) >= 11 is 1.84. The predicted octanol–water partition coefficient (Wildman–Crippen LogP) is 10.3. The second-order valence-corrected chi connectivity index (χ2v) is 11.2. The highest BCUT2D eigenvalue weighted by atomic mass is 32.2. The summed E-state index contributed by atoms with van der Waals surface area (Å²) in [5.74, 6) is 0.944. The molecular weight excluding hydrogens is 518 g/mol. The minimum Gasteiger partial charge on any atom is -0.308 e. The molecule has 0 atom stereocenters. The number of benzene rings is 6. The fraction of sp³-hybridized carbons (Fsp3) is 0. The molecule has 194 valence electrons. The van der Waals surface area contributed by atoms with Crippen LogP contribution in [0.4, 0.5) is 17.1 Å². The number of hydrogen-bond acceptors (Lipinski definition) is 3. The third-order valence-electron chi connectivity index (χ3n) is 7.57. The maximum absolute atomic E-state index is 5.03. The zero-order chi connectivity index (χ0) is 27.2. The molecule has 0 N–H and O–H groups in total. The molecule has 41 heavy (non-hydrogen) atoms. The van der Waals surface area contributed by atoms with Crippen molar-refractivity contribution in [2.45, 2.75) is 9.79 Å². The van der Waals surface area contributed by atoms with Gasteiger partial charge in [-0.15, -0.1) is 0 Å². The molecule has 1 aliphatic rings. The van der Waals surface area contributed by atoms with Crippen molar-refractivity contribution in [3.63, 3.8) is 0 Å². The molecule has 4 heteroatoms. The lowest BCUT2D eigenvalue weighted by atomic mass is 10.0. The van der Waals surface area contributed by atoms with E-state index < -0.39 is 0 Å². The summed E-state index contributed by atoms with van der Waals surface area (Å²) in [6.45, 7) is 0. The highest BCUT2D eigenvalue weighted by molar-refractivity contribution is 7.99. The van der Waals surface area contributed by atoms with Crippen LogP contribution in [0.25, 0.3) is 39.2 Å². The van der Waals surface area contributed by atoms with Gasteiger partial charge in [-0.2, -0.15) is 0 Å². The zero-order valence-electron chi connectivity index (χ0n) is 22.2. The van der Waals surface area contributed by atoms with Crippen LogP contribution in [-0.2, 0) is 0 Å². The van der Waals surface area contributed by atoms with Gasteiger partial charge >= 0.3 is 0 Å². The van der Waals surface area contributed by atoms with Crippen molar-refractivity contribution < 1.29 is 0 Å². The van der Waals surface area contributed by atoms with E-state index in [9.17, 15) is 0 Å². The Morgan fingerprint density at radius 2 is 1.12 bits per heavy atom. The van der Waals surface area contributed by atoms with Gasteiger partial charge in [0.1, 0.15) is 5.82 Å². The van der Waals surface area contributed by atoms with Crippen LogP contribution in [0.2, 0.25) is 0 Å².